The number of aliphatic hydroxyl groups excluding tert-OH is 1. The Kier molecular flexibility index (Phi) is 3.74. The Morgan fingerprint density at radius 1 is 1.61 bits per heavy atom. The molecular formula is C11H17N3O3S. The molecule has 3 rings (SSSR count). The molecule has 2 bridgehead atoms. The quantitative estimate of drug-likeness (QED) is 0.769. The topological polar surface area (TPSA) is 76.5 Å². The molecule has 6 nitrogen and oxygen atoms in total. The van der Waals surface area contributed by atoms with Crippen molar-refractivity contribution in [2.45, 2.75) is 43.6 Å². The maximum atomic E-state index is 9.81. The van der Waals surface area contributed by atoms with Crippen LogP contribution in [-0.4, -0.2) is 51.4 Å². The van der Waals surface area contributed by atoms with Crippen molar-refractivity contribution >= 4 is 11.7 Å². The highest BCUT2D eigenvalue weighted by Gasteiger charge is 2.40. The SMILES string of the molecule is OC(CNC1CC2CCC1O2)COc1cnsn1. The molecule has 2 saturated heterocycles. The lowest BCUT2D eigenvalue weighted by Gasteiger charge is -2.21. The molecule has 1 aromatic heterocycles. The maximum absolute atomic E-state index is 9.81. The molecule has 0 amide bonds. The zero-order valence-electron chi connectivity index (χ0n) is 9.99. The van der Waals surface area contributed by atoms with Gasteiger partial charge < -0.3 is 19.9 Å². The van der Waals surface area contributed by atoms with Gasteiger partial charge in [0.1, 0.15) is 18.9 Å². The lowest BCUT2D eigenvalue weighted by atomic mass is 9.95. The molecule has 0 aliphatic carbocycles. The summed E-state index contributed by atoms with van der Waals surface area (Å²) in [4.78, 5) is 0. The van der Waals surface area contributed by atoms with Crippen LogP contribution in [0.5, 0.6) is 5.88 Å². The van der Waals surface area contributed by atoms with Gasteiger partial charge in [0.25, 0.3) is 0 Å². The number of hydrogen-bond acceptors (Lipinski definition) is 7. The van der Waals surface area contributed by atoms with Gasteiger partial charge in [-0.05, 0) is 19.3 Å². The fourth-order valence-corrected chi connectivity index (χ4v) is 2.96. The first-order valence-corrected chi connectivity index (χ1v) is 7.01. The maximum Gasteiger partial charge on any atom is 0.245 e. The Morgan fingerprint density at radius 2 is 2.56 bits per heavy atom. The van der Waals surface area contributed by atoms with Crippen molar-refractivity contribution in [1.29, 1.82) is 0 Å². The highest BCUT2D eigenvalue weighted by molar-refractivity contribution is 6.99. The Labute approximate surface area is 110 Å². The summed E-state index contributed by atoms with van der Waals surface area (Å²) in [5, 5.41) is 13.2. The molecule has 18 heavy (non-hydrogen) atoms. The zero-order valence-corrected chi connectivity index (χ0v) is 10.8. The molecule has 2 fully saturated rings. The largest absolute Gasteiger partial charge is 0.473 e. The number of nitrogens with zero attached hydrogens (tertiary/aromatic N) is 2. The summed E-state index contributed by atoms with van der Waals surface area (Å²) in [5.74, 6) is 0.474. The van der Waals surface area contributed by atoms with Crippen LogP contribution in [0.15, 0.2) is 6.20 Å². The van der Waals surface area contributed by atoms with Gasteiger partial charge in [-0.25, -0.2) is 0 Å². The Morgan fingerprint density at radius 3 is 3.22 bits per heavy atom. The number of nitrogens with one attached hydrogen (secondary N) is 1. The van der Waals surface area contributed by atoms with Crippen LogP contribution in [0.3, 0.4) is 0 Å². The van der Waals surface area contributed by atoms with E-state index >= 15 is 0 Å². The molecule has 4 atom stereocenters. The monoisotopic (exact) mass is 271 g/mol. The Balaban J connectivity index is 1.35. The highest BCUT2D eigenvalue weighted by atomic mass is 32.1. The minimum atomic E-state index is -0.536. The predicted octanol–water partition coefficient (Wildman–Crippen LogP) is 0.187. The van der Waals surface area contributed by atoms with E-state index in [4.69, 9.17) is 9.47 Å². The molecule has 4 unspecified atom stereocenters. The molecule has 0 aromatic carbocycles. The van der Waals surface area contributed by atoms with Gasteiger partial charge in [-0.15, -0.1) is 4.37 Å². The van der Waals surface area contributed by atoms with Crippen LogP contribution in [0.25, 0.3) is 0 Å². The minimum absolute atomic E-state index is 0.236. The molecule has 0 radical (unpaired) electrons. The zero-order chi connectivity index (χ0) is 12.4. The summed E-state index contributed by atoms with van der Waals surface area (Å²) in [5.41, 5.74) is 0. The average Bonchev–Trinajstić information content (AvgIpc) is 3.09. The highest BCUT2D eigenvalue weighted by Crippen LogP contribution is 2.34. The number of aliphatic hydroxyl groups is 1. The van der Waals surface area contributed by atoms with Crippen molar-refractivity contribution in [2.24, 2.45) is 0 Å². The van der Waals surface area contributed by atoms with Crippen molar-refractivity contribution in [3.05, 3.63) is 6.20 Å². The van der Waals surface area contributed by atoms with Gasteiger partial charge in [0.15, 0.2) is 0 Å². The van der Waals surface area contributed by atoms with Crippen LogP contribution in [-0.2, 0) is 4.74 Å². The second kappa shape index (κ2) is 5.48. The van der Waals surface area contributed by atoms with Gasteiger partial charge >= 0.3 is 0 Å². The molecule has 0 spiro atoms. The van der Waals surface area contributed by atoms with E-state index in [9.17, 15) is 5.11 Å². The number of rotatable bonds is 6. The van der Waals surface area contributed by atoms with Gasteiger partial charge in [-0.3, -0.25) is 0 Å². The Hall–Kier alpha value is -0.760. The van der Waals surface area contributed by atoms with Crippen molar-refractivity contribution in [3.8, 4) is 5.88 Å². The first-order valence-electron chi connectivity index (χ1n) is 6.28. The molecule has 1 aromatic rings. The number of hydrogen-bond donors (Lipinski definition) is 2. The molecule has 2 aliphatic heterocycles. The van der Waals surface area contributed by atoms with Crippen LogP contribution in [0.2, 0.25) is 0 Å². The van der Waals surface area contributed by atoms with E-state index in [0.717, 1.165) is 24.6 Å². The Bertz CT molecular complexity index is 376. The second-order valence-electron chi connectivity index (χ2n) is 4.83. The lowest BCUT2D eigenvalue weighted by molar-refractivity contribution is 0.0846. The van der Waals surface area contributed by atoms with E-state index in [0.29, 0.717) is 30.7 Å². The van der Waals surface area contributed by atoms with Gasteiger partial charge in [0.2, 0.25) is 5.88 Å². The fourth-order valence-electron chi connectivity index (χ4n) is 2.60. The minimum Gasteiger partial charge on any atom is -0.473 e. The summed E-state index contributed by atoms with van der Waals surface area (Å²) in [6.07, 6.45) is 5.17. The van der Waals surface area contributed by atoms with Gasteiger partial charge in [0, 0.05) is 12.6 Å². The van der Waals surface area contributed by atoms with Crippen LogP contribution in [0, 0.1) is 0 Å². The van der Waals surface area contributed by atoms with E-state index in [-0.39, 0.29) is 6.61 Å². The van der Waals surface area contributed by atoms with E-state index in [1.54, 1.807) is 6.20 Å². The summed E-state index contributed by atoms with van der Waals surface area (Å²) in [7, 11) is 0. The molecule has 2 N–H and O–H groups in total. The van der Waals surface area contributed by atoms with E-state index < -0.39 is 6.10 Å². The fraction of sp³-hybridized carbons (Fsp3) is 0.818. The molecule has 3 heterocycles. The van der Waals surface area contributed by atoms with Crippen molar-refractivity contribution in [2.75, 3.05) is 13.2 Å². The average molecular weight is 271 g/mol. The van der Waals surface area contributed by atoms with E-state index in [1.807, 2.05) is 0 Å². The van der Waals surface area contributed by atoms with Gasteiger partial charge in [-0.1, -0.05) is 0 Å². The summed E-state index contributed by atoms with van der Waals surface area (Å²) in [6.45, 7) is 0.759. The van der Waals surface area contributed by atoms with Crippen molar-refractivity contribution < 1.29 is 14.6 Å². The standard InChI is InChI=1S/C11H17N3O3S/c15-7(6-16-11-5-13-18-14-11)4-12-9-3-8-1-2-10(9)17-8/h5,7-10,12,15H,1-4,6H2. The normalized spacial score (nSPS) is 31.7. The number of fused-ring (bicyclic) bond motifs is 2. The van der Waals surface area contributed by atoms with E-state index in [2.05, 4.69) is 14.1 Å². The molecular weight excluding hydrogens is 254 g/mol. The smallest absolute Gasteiger partial charge is 0.245 e. The van der Waals surface area contributed by atoms with Crippen molar-refractivity contribution in [1.82, 2.24) is 14.1 Å². The molecule has 2 aliphatic rings. The van der Waals surface area contributed by atoms with Crippen LogP contribution in [0.4, 0.5) is 0 Å². The third kappa shape index (κ3) is 2.80. The van der Waals surface area contributed by atoms with E-state index in [1.165, 1.54) is 6.42 Å². The first-order chi connectivity index (χ1) is 8.81. The van der Waals surface area contributed by atoms with Gasteiger partial charge in [-0.2, -0.15) is 4.37 Å². The van der Waals surface area contributed by atoms with Gasteiger partial charge in [0.05, 0.1) is 23.9 Å². The summed E-state index contributed by atoms with van der Waals surface area (Å²) < 4.78 is 18.8. The lowest BCUT2D eigenvalue weighted by Crippen LogP contribution is -2.42. The molecule has 0 saturated carbocycles. The van der Waals surface area contributed by atoms with Crippen LogP contribution in [0.1, 0.15) is 19.3 Å². The first kappa shape index (κ1) is 12.3. The van der Waals surface area contributed by atoms with Crippen LogP contribution >= 0.6 is 11.7 Å². The predicted molar refractivity (Wildman–Crippen MR) is 65.7 cm³/mol. The third-order valence-corrected chi connectivity index (χ3v) is 3.95. The summed E-state index contributed by atoms with van der Waals surface area (Å²) in [6, 6.07) is 0.388. The molecule has 100 valence electrons. The third-order valence-electron chi connectivity index (χ3n) is 3.49. The number of aromatic nitrogens is 2. The number of ether oxygens (including phenoxy) is 2. The second-order valence-corrected chi connectivity index (χ2v) is 5.39. The summed E-state index contributed by atoms with van der Waals surface area (Å²) >= 11 is 1.09. The van der Waals surface area contributed by atoms with Crippen LogP contribution < -0.4 is 10.1 Å². The van der Waals surface area contributed by atoms with Crippen molar-refractivity contribution in [3.63, 3.8) is 0 Å². The molecule has 7 heteroatoms.